The Kier molecular flexibility index (Phi) is 3.61. The largest absolute Gasteiger partial charge is 0.382 e. The Labute approximate surface area is 156 Å². The van der Waals surface area contributed by atoms with E-state index in [-0.39, 0.29) is 0 Å². The van der Waals surface area contributed by atoms with Crippen LogP contribution in [0.25, 0.3) is 27.8 Å². The SMILES string of the molecule is N#Cc1cccc2cc(-c3nc(C4CCCCC4)n4ccnc(N)c34)[nH]c12. The van der Waals surface area contributed by atoms with Gasteiger partial charge in [-0.1, -0.05) is 31.4 Å². The number of benzene rings is 1. The molecule has 5 rings (SSSR count). The van der Waals surface area contributed by atoms with Gasteiger partial charge in [-0.2, -0.15) is 5.26 Å². The third-order valence-electron chi connectivity index (χ3n) is 5.61. The molecule has 1 aromatic carbocycles. The number of hydrogen-bond acceptors (Lipinski definition) is 4. The van der Waals surface area contributed by atoms with Gasteiger partial charge in [0.2, 0.25) is 0 Å². The topological polar surface area (TPSA) is 95.8 Å². The predicted octanol–water partition coefficient (Wildman–Crippen LogP) is 4.38. The maximum Gasteiger partial charge on any atom is 0.150 e. The number of rotatable bonds is 2. The maximum absolute atomic E-state index is 9.39. The Hall–Kier alpha value is -3.33. The van der Waals surface area contributed by atoms with Crippen LogP contribution in [0.3, 0.4) is 0 Å². The van der Waals surface area contributed by atoms with Gasteiger partial charge in [-0.25, -0.2) is 9.97 Å². The fraction of sp³-hybridized carbons (Fsp3) is 0.286. The molecule has 1 fully saturated rings. The van der Waals surface area contributed by atoms with Gasteiger partial charge in [0, 0.05) is 23.7 Å². The number of hydrogen-bond donors (Lipinski definition) is 2. The lowest BCUT2D eigenvalue weighted by atomic mass is 9.89. The van der Waals surface area contributed by atoms with E-state index in [1.54, 1.807) is 6.20 Å². The molecule has 0 atom stereocenters. The molecule has 0 spiro atoms. The molecule has 0 saturated heterocycles. The lowest BCUT2D eigenvalue weighted by molar-refractivity contribution is 0.428. The summed E-state index contributed by atoms with van der Waals surface area (Å²) in [6.07, 6.45) is 9.79. The van der Waals surface area contributed by atoms with Crippen LogP contribution in [-0.2, 0) is 0 Å². The van der Waals surface area contributed by atoms with Crippen LogP contribution >= 0.6 is 0 Å². The lowest BCUT2D eigenvalue weighted by Crippen LogP contribution is -2.09. The van der Waals surface area contributed by atoms with Crippen molar-refractivity contribution in [1.29, 1.82) is 5.26 Å². The zero-order valence-corrected chi connectivity index (χ0v) is 14.9. The van der Waals surface area contributed by atoms with Crippen LogP contribution in [0.4, 0.5) is 5.82 Å². The highest BCUT2D eigenvalue weighted by atomic mass is 15.1. The minimum Gasteiger partial charge on any atom is -0.382 e. The van der Waals surface area contributed by atoms with Gasteiger partial charge in [-0.15, -0.1) is 0 Å². The van der Waals surface area contributed by atoms with Gasteiger partial charge in [-0.3, -0.25) is 4.40 Å². The van der Waals surface area contributed by atoms with Crippen LogP contribution in [0, 0.1) is 11.3 Å². The number of aromatic amines is 1. The van der Waals surface area contributed by atoms with Crippen molar-refractivity contribution in [3.05, 3.63) is 48.0 Å². The Morgan fingerprint density at radius 1 is 1.22 bits per heavy atom. The standard InChI is InChI=1S/C21H20N6/c22-12-15-8-4-7-14-11-16(25-17(14)15)18-19-20(23)24-9-10-27(19)21(26-18)13-5-2-1-3-6-13/h4,7-11,13,25H,1-3,5-6H2,(H2,23,24). The summed E-state index contributed by atoms with van der Waals surface area (Å²) in [6, 6.07) is 9.99. The van der Waals surface area contributed by atoms with E-state index in [0.717, 1.165) is 46.5 Å². The number of nitrogens with zero attached hydrogens (tertiary/aromatic N) is 4. The van der Waals surface area contributed by atoms with Crippen molar-refractivity contribution in [3.63, 3.8) is 0 Å². The number of anilines is 1. The Morgan fingerprint density at radius 2 is 2.07 bits per heavy atom. The van der Waals surface area contributed by atoms with Gasteiger partial charge in [0.25, 0.3) is 0 Å². The second-order valence-corrected chi connectivity index (χ2v) is 7.25. The summed E-state index contributed by atoms with van der Waals surface area (Å²) in [5.74, 6) is 1.98. The fourth-order valence-electron chi connectivity index (χ4n) is 4.30. The molecule has 6 heteroatoms. The highest BCUT2D eigenvalue weighted by Gasteiger charge is 2.24. The summed E-state index contributed by atoms with van der Waals surface area (Å²) in [5.41, 5.74) is 10.2. The predicted molar refractivity (Wildman–Crippen MR) is 105 cm³/mol. The Bertz CT molecular complexity index is 1190. The monoisotopic (exact) mass is 356 g/mol. The molecule has 0 unspecified atom stereocenters. The van der Waals surface area contributed by atoms with Crippen molar-refractivity contribution in [2.24, 2.45) is 0 Å². The van der Waals surface area contributed by atoms with Crippen molar-refractivity contribution in [2.45, 2.75) is 38.0 Å². The highest BCUT2D eigenvalue weighted by Crippen LogP contribution is 2.37. The molecular weight excluding hydrogens is 336 g/mol. The van der Waals surface area contributed by atoms with Crippen molar-refractivity contribution in [3.8, 4) is 17.5 Å². The molecule has 3 aromatic heterocycles. The second kappa shape index (κ2) is 6.13. The van der Waals surface area contributed by atoms with Crippen LogP contribution in [0.15, 0.2) is 36.7 Å². The summed E-state index contributed by atoms with van der Waals surface area (Å²) >= 11 is 0. The average Bonchev–Trinajstić information content (AvgIpc) is 3.30. The number of nitrogens with two attached hydrogens (primary N) is 1. The summed E-state index contributed by atoms with van der Waals surface area (Å²) in [7, 11) is 0. The van der Waals surface area contributed by atoms with E-state index < -0.39 is 0 Å². The molecule has 3 N–H and O–H groups in total. The normalized spacial score (nSPS) is 15.4. The smallest absolute Gasteiger partial charge is 0.150 e. The van der Waals surface area contributed by atoms with Crippen molar-refractivity contribution in [1.82, 2.24) is 19.4 Å². The minimum absolute atomic E-state index is 0.445. The molecule has 0 bridgehead atoms. The van der Waals surface area contributed by atoms with Crippen LogP contribution in [-0.4, -0.2) is 19.4 Å². The first-order chi connectivity index (χ1) is 13.3. The average molecular weight is 356 g/mol. The maximum atomic E-state index is 9.39. The minimum atomic E-state index is 0.445. The van der Waals surface area contributed by atoms with E-state index in [0.29, 0.717) is 17.3 Å². The van der Waals surface area contributed by atoms with E-state index in [1.165, 1.54) is 19.3 Å². The second-order valence-electron chi connectivity index (χ2n) is 7.25. The van der Waals surface area contributed by atoms with Crippen LogP contribution in [0.1, 0.15) is 49.4 Å². The molecule has 0 amide bonds. The molecule has 6 nitrogen and oxygen atoms in total. The molecule has 1 saturated carbocycles. The number of nitrogens with one attached hydrogen (secondary N) is 1. The molecule has 27 heavy (non-hydrogen) atoms. The van der Waals surface area contributed by atoms with Gasteiger partial charge >= 0.3 is 0 Å². The Morgan fingerprint density at radius 3 is 2.89 bits per heavy atom. The van der Waals surface area contributed by atoms with Gasteiger partial charge in [0.15, 0.2) is 0 Å². The molecule has 3 heterocycles. The first-order valence-electron chi connectivity index (χ1n) is 9.41. The van der Waals surface area contributed by atoms with Crippen LogP contribution < -0.4 is 5.73 Å². The molecule has 0 radical (unpaired) electrons. The summed E-state index contributed by atoms with van der Waals surface area (Å²) in [6.45, 7) is 0. The van der Waals surface area contributed by atoms with E-state index in [1.807, 2.05) is 30.5 Å². The van der Waals surface area contributed by atoms with Crippen LogP contribution in [0.2, 0.25) is 0 Å². The van der Waals surface area contributed by atoms with Crippen LogP contribution in [0.5, 0.6) is 0 Å². The molecule has 1 aliphatic carbocycles. The zero-order chi connectivity index (χ0) is 18.4. The van der Waals surface area contributed by atoms with Gasteiger partial charge in [-0.05, 0) is 25.0 Å². The first-order valence-corrected chi connectivity index (χ1v) is 9.41. The fourth-order valence-corrected chi connectivity index (χ4v) is 4.30. The van der Waals surface area contributed by atoms with E-state index in [2.05, 4.69) is 20.4 Å². The van der Waals surface area contributed by atoms with Gasteiger partial charge in [0.05, 0.1) is 16.8 Å². The van der Waals surface area contributed by atoms with Crippen molar-refractivity contribution >= 4 is 22.2 Å². The van der Waals surface area contributed by atoms with Crippen molar-refractivity contribution in [2.75, 3.05) is 5.73 Å². The quantitative estimate of drug-likeness (QED) is 0.557. The molecular formula is C21H20N6. The third kappa shape index (κ3) is 2.47. The summed E-state index contributed by atoms with van der Waals surface area (Å²) in [5, 5.41) is 10.4. The van der Waals surface area contributed by atoms with E-state index in [4.69, 9.17) is 10.7 Å². The number of imidazole rings is 1. The van der Waals surface area contributed by atoms with Gasteiger partial charge < -0.3 is 10.7 Å². The number of para-hydroxylation sites is 1. The molecule has 0 aliphatic heterocycles. The van der Waals surface area contributed by atoms with Gasteiger partial charge in [0.1, 0.15) is 28.9 Å². The first kappa shape index (κ1) is 15.9. The number of aromatic nitrogens is 4. The third-order valence-corrected chi connectivity index (χ3v) is 5.61. The number of H-pyrrole nitrogens is 1. The molecule has 4 aromatic rings. The summed E-state index contributed by atoms with van der Waals surface area (Å²) in [4.78, 5) is 12.7. The summed E-state index contributed by atoms with van der Waals surface area (Å²) < 4.78 is 2.10. The lowest BCUT2D eigenvalue weighted by Gasteiger charge is -2.20. The van der Waals surface area contributed by atoms with Crippen molar-refractivity contribution < 1.29 is 0 Å². The molecule has 1 aliphatic rings. The number of nitriles is 1. The Balaban J connectivity index is 1.75. The highest BCUT2D eigenvalue weighted by molar-refractivity contribution is 5.93. The van der Waals surface area contributed by atoms with E-state index >= 15 is 0 Å². The molecule has 134 valence electrons. The van der Waals surface area contributed by atoms with E-state index in [9.17, 15) is 5.26 Å². The number of fused-ring (bicyclic) bond motifs is 2. The number of nitrogen functional groups attached to an aromatic ring is 1. The zero-order valence-electron chi connectivity index (χ0n) is 14.9.